The van der Waals surface area contributed by atoms with Gasteiger partial charge in [0.15, 0.2) is 0 Å². The van der Waals surface area contributed by atoms with Crippen LogP contribution in [0, 0.1) is 6.92 Å². The third-order valence-corrected chi connectivity index (χ3v) is 5.26. The van der Waals surface area contributed by atoms with Gasteiger partial charge in [0.2, 0.25) is 10.0 Å². The third kappa shape index (κ3) is 3.38. The molecule has 20 heavy (non-hydrogen) atoms. The molecule has 1 heterocycles. The van der Waals surface area contributed by atoms with Gasteiger partial charge in [0, 0.05) is 6.61 Å². The lowest BCUT2D eigenvalue weighted by Gasteiger charge is -2.33. The SMILES string of the molecule is Cc1ccc(S(=O)(=O)NC2(C)CCCOC2)cc1CO. The monoisotopic (exact) mass is 299 g/mol. The van der Waals surface area contributed by atoms with Crippen LogP contribution in [0.3, 0.4) is 0 Å². The molecule has 1 atom stereocenters. The molecule has 0 saturated carbocycles. The van der Waals surface area contributed by atoms with Crippen molar-refractivity contribution in [3.63, 3.8) is 0 Å². The maximum absolute atomic E-state index is 12.4. The molecule has 0 aromatic heterocycles. The molecule has 1 fully saturated rings. The minimum atomic E-state index is -3.61. The van der Waals surface area contributed by atoms with Crippen LogP contribution in [0.1, 0.15) is 30.9 Å². The van der Waals surface area contributed by atoms with Crippen LogP contribution in [-0.4, -0.2) is 32.3 Å². The molecule has 2 N–H and O–H groups in total. The summed E-state index contributed by atoms with van der Waals surface area (Å²) in [6.07, 6.45) is 1.60. The van der Waals surface area contributed by atoms with Gasteiger partial charge in [-0.25, -0.2) is 13.1 Å². The molecule has 6 heteroatoms. The Balaban J connectivity index is 2.26. The van der Waals surface area contributed by atoms with Gasteiger partial charge < -0.3 is 9.84 Å². The second-order valence-electron chi connectivity index (χ2n) is 5.57. The van der Waals surface area contributed by atoms with E-state index in [-0.39, 0.29) is 11.5 Å². The van der Waals surface area contributed by atoms with E-state index in [9.17, 15) is 13.5 Å². The summed E-state index contributed by atoms with van der Waals surface area (Å²) in [5.74, 6) is 0. The van der Waals surface area contributed by atoms with Crippen LogP contribution in [-0.2, 0) is 21.4 Å². The Bertz CT molecular complexity index is 577. The molecular formula is C14H21NO4S. The highest BCUT2D eigenvalue weighted by Gasteiger charge is 2.33. The normalized spacial score (nSPS) is 23.8. The first-order valence-corrected chi connectivity index (χ1v) is 8.17. The van der Waals surface area contributed by atoms with Crippen molar-refractivity contribution in [3.8, 4) is 0 Å². The van der Waals surface area contributed by atoms with Crippen molar-refractivity contribution in [2.45, 2.75) is 43.7 Å². The van der Waals surface area contributed by atoms with E-state index in [4.69, 9.17) is 4.74 Å². The van der Waals surface area contributed by atoms with Gasteiger partial charge in [-0.15, -0.1) is 0 Å². The maximum atomic E-state index is 12.4. The van der Waals surface area contributed by atoms with Gasteiger partial charge in [-0.2, -0.15) is 0 Å². The van der Waals surface area contributed by atoms with Gasteiger partial charge in [0.25, 0.3) is 0 Å². The molecule has 1 aliphatic heterocycles. The first kappa shape index (κ1) is 15.4. The molecule has 0 radical (unpaired) electrons. The van der Waals surface area contributed by atoms with Crippen molar-refractivity contribution in [3.05, 3.63) is 29.3 Å². The third-order valence-electron chi connectivity index (χ3n) is 3.62. The molecule has 1 aromatic carbocycles. The van der Waals surface area contributed by atoms with Crippen LogP contribution in [0.25, 0.3) is 0 Å². The lowest BCUT2D eigenvalue weighted by atomic mass is 9.97. The van der Waals surface area contributed by atoms with Crippen LogP contribution >= 0.6 is 0 Å². The fourth-order valence-electron chi connectivity index (χ4n) is 2.38. The van der Waals surface area contributed by atoms with Crippen molar-refractivity contribution >= 4 is 10.0 Å². The summed E-state index contributed by atoms with van der Waals surface area (Å²) in [5.41, 5.74) is 0.929. The number of sulfonamides is 1. The lowest BCUT2D eigenvalue weighted by Crippen LogP contribution is -2.51. The number of aliphatic hydroxyl groups is 1. The molecule has 0 aliphatic carbocycles. The number of nitrogens with one attached hydrogen (secondary N) is 1. The Morgan fingerprint density at radius 2 is 2.20 bits per heavy atom. The molecule has 2 rings (SSSR count). The van der Waals surface area contributed by atoms with E-state index in [0.29, 0.717) is 18.8 Å². The summed E-state index contributed by atoms with van der Waals surface area (Å²) in [6, 6.07) is 4.79. The predicted molar refractivity (Wildman–Crippen MR) is 75.9 cm³/mol. The average Bonchev–Trinajstić information content (AvgIpc) is 2.38. The van der Waals surface area contributed by atoms with Crippen molar-refractivity contribution in [2.75, 3.05) is 13.2 Å². The van der Waals surface area contributed by atoms with Crippen LogP contribution in [0.2, 0.25) is 0 Å². The number of aliphatic hydroxyl groups excluding tert-OH is 1. The quantitative estimate of drug-likeness (QED) is 0.879. The lowest BCUT2D eigenvalue weighted by molar-refractivity contribution is 0.0386. The highest BCUT2D eigenvalue weighted by Crippen LogP contribution is 2.23. The van der Waals surface area contributed by atoms with Crippen LogP contribution in [0.15, 0.2) is 23.1 Å². The van der Waals surface area contributed by atoms with Crippen LogP contribution < -0.4 is 4.72 Å². The molecule has 1 aliphatic rings. The molecule has 1 saturated heterocycles. The Labute approximate surface area is 120 Å². The molecule has 112 valence electrons. The largest absolute Gasteiger partial charge is 0.392 e. The molecular weight excluding hydrogens is 278 g/mol. The first-order chi connectivity index (χ1) is 9.36. The summed E-state index contributed by atoms with van der Waals surface area (Å²) < 4.78 is 33.0. The number of ether oxygens (including phenoxy) is 1. The highest BCUT2D eigenvalue weighted by atomic mass is 32.2. The highest BCUT2D eigenvalue weighted by molar-refractivity contribution is 7.89. The topological polar surface area (TPSA) is 75.6 Å². The Hall–Kier alpha value is -0.950. The van der Waals surface area contributed by atoms with E-state index in [2.05, 4.69) is 4.72 Å². The molecule has 0 spiro atoms. The summed E-state index contributed by atoms with van der Waals surface area (Å²) in [4.78, 5) is 0.180. The Kier molecular flexibility index (Phi) is 4.49. The summed E-state index contributed by atoms with van der Waals surface area (Å²) in [7, 11) is -3.61. The van der Waals surface area contributed by atoms with E-state index >= 15 is 0 Å². The van der Waals surface area contributed by atoms with Crippen molar-refractivity contribution in [1.29, 1.82) is 0 Å². The number of aryl methyl sites for hydroxylation is 1. The van der Waals surface area contributed by atoms with Gasteiger partial charge in [-0.3, -0.25) is 0 Å². The van der Waals surface area contributed by atoms with Crippen LogP contribution in [0.5, 0.6) is 0 Å². The Morgan fingerprint density at radius 3 is 2.80 bits per heavy atom. The molecule has 5 nitrogen and oxygen atoms in total. The molecule has 1 unspecified atom stereocenters. The summed E-state index contributed by atoms with van der Waals surface area (Å²) >= 11 is 0. The van der Waals surface area contributed by atoms with E-state index in [1.54, 1.807) is 12.1 Å². The second kappa shape index (κ2) is 5.81. The van der Waals surface area contributed by atoms with Gasteiger partial charge >= 0.3 is 0 Å². The van der Waals surface area contributed by atoms with E-state index in [0.717, 1.165) is 18.4 Å². The molecule has 0 amide bonds. The smallest absolute Gasteiger partial charge is 0.241 e. The average molecular weight is 299 g/mol. The summed E-state index contributed by atoms with van der Waals surface area (Å²) in [6.45, 7) is 4.58. The van der Waals surface area contributed by atoms with Crippen molar-refractivity contribution in [2.24, 2.45) is 0 Å². The number of hydrogen-bond acceptors (Lipinski definition) is 4. The van der Waals surface area contributed by atoms with E-state index in [1.165, 1.54) is 6.07 Å². The van der Waals surface area contributed by atoms with Gasteiger partial charge in [-0.1, -0.05) is 6.07 Å². The first-order valence-electron chi connectivity index (χ1n) is 6.68. The molecule has 0 bridgehead atoms. The Morgan fingerprint density at radius 1 is 1.45 bits per heavy atom. The second-order valence-corrected chi connectivity index (χ2v) is 7.25. The van der Waals surface area contributed by atoms with Gasteiger partial charge in [-0.05, 0) is 49.9 Å². The standard InChI is InChI=1S/C14H21NO4S/c1-11-4-5-13(8-12(11)9-16)20(17,18)15-14(2)6-3-7-19-10-14/h4-5,8,15-16H,3,6-7,9-10H2,1-2H3. The zero-order valence-corrected chi connectivity index (χ0v) is 12.7. The number of hydrogen-bond donors (Lipinski definition) is 2. The fourth-order valence-corrected chi connectivity index (χ4v) is 3.86. The number of rotatable bonds is 4. The van der Waals surface area contributed by atoms with Gasteiger partial charge in [0.1, 0.15) is 0 Å². The zero-order chi connectivity index (χ0) is 14.8. The van der Waals surface area contributed by atoms with Gasteiger partial charge in [0.05, 0.1) is 23.6 Å². The summed E-state index contributed by atoms with van der Waals surface area (Å²) in [5, 5.41) is 9.25. The van der Waals surface area contributed by atoms with E-state index < -0.39 is 15.6 Å². The number of benzene rings is 1. The van der Waals surface area contributed by atoms with Crippen molar-refractivity contribution < 1.29 is 18.3 Å². The predicted octanol–water partition coefficient (Wildman–Crippen LogP) is 1.33. The van der Waals surface area contributed by atoms with Crippen molar-refractivity contribution in [1.82, 2.24) is 4.72 Å². The zero-order valence-electron chi connectivity index (χ0n) is 11.8. The molecule has 1 aromatic rings. The minimum Gasteiger partial charge on any atom is -0.392 e. The minimum absolute atomic E-state index is 0.171. The maximum Gasteiger partial charge on any atom is 0.241 e. The van der Waals surface area contributed by atoms with E-state index in [1.807, 2.05) is 13.8 Å². The fraction of sp³-hybridized carbons (Fsp3) is 0.571. The van der Waals surface area contributed by atoms with Crippen LogP contribution in [0.4, 0.5) is 0 Å².